The van der Waals surface area contributed by atoms with E-state index < -0.39 is 11.7 Å². The molecule has 1 heterocycles. The number of alkyl halides is 3. The lowest BCUT2D eigenvalue weighted by Gasteiger charge is -2.10. The predicted molar refractivity (Wildman–Crippen MR) is 80.7 cm³/mol. The van der Waals surface area contributed by atoms with Crippen molar-refractivity contribution < 1.29 is 17.9 Å². The second kappa shape index (κ2) is 6.51. The number of benzene rings is 1. The molecule has 0 saturated heterocycles. The summed E-state index contributed by atoms with van der Waals surface area (Å²) >= 11 is 0. The van der Waals surface area contributed by atoms with E-state index in [-0.39, 0.29) is 0 Å². The highest BCUT2D eigenvalue weighted by atomic mass is 19.4. The summed E-state index contributed by atoms with van der Waals surface area (Å²) in [6, 6.07) is 7.86. The molecular formula is C16H15F3N2O. The minimum Gasteiger partial charge on any atom is -0.496 e. The molecule has 3 nitrogen and oxygen atoms in total. The van der Waals surface area contributed by atoms with Gasteiger partial charge in [0.05, 0.1) is 18.4 Å². The molecule has 0 fully saturated rings. The van der Waals surface area contributed by atoms with Gasteiger partial charge in [0.2, 0.25) is 0 Å². The molecule has 6 heteroatoms. The monoisotopic (exact) mass is 308 g/mol. The largest absolute Gasteiger partial charge is 0.496 e. The molecule has 0 spiro atoms. The Balaban J connectivity index is 2.29. The van der Waals surface area contributed by atoms with Gasteiger partial charge >= 0.3 is 6.18 Å². The van der Waals surface area contributed by atoms with Crippen molar-refractivity contribution in [2.75, 3.05) is 19.5 Å². The number of methoxy groups -OCH3 is 1. The van der Waals surface area contributed by atoms with E-state index >= 15 is 0 Å². The minimum atomic E-state index is -4.38. The Morgan fingerprint density at radius 3 is 2.45 bits per heavy atom. The molecule has 1 N–H and O–H groups in total. The van der Waals surface area contributed by atoms with Gasteiger partial charge in [-0.1, -0.05) is 6.07 Å². The highest BCUT2D eigenvalue weighted by molar-refractivity contribution is 5.79. The molecule has 1 aromatic heterocycles. The van der Waals surface area contributed by atoms with Crippen molar-refractivity contribution >= 4 is 17.8 Å². The minimum absolute atomic E-state index is 0.431. The topological polar surface area (TPSA) is 34.1 Å². The smallest absolute Gasteiger partial charge is 0.417 e. The van der Waals surface area contributed by atoms with Crippen LogP contribution in [0.5, 0.6) is 5.75 Å². The van der Waals surface area contributed by atoms with Gasteiger partial charge in [-0.2, -0.15) is 13.2 Å². The standard InChI is InChI=1S/C16H15F3N2O/c1-20-14-4-3-5-15(22-2)13(14)9-8-12-7-6-11(10-21-12)16(17,18)19/h3-10,20H,1-2H3/b9-8+. The van der Waals surface area contributed by atoms with Crippen LogP contribution in [0.2, 0.25) is 0 Å². The number of pyridine rings is 1. The molecule has 0 bridgehead atoms. The molecule has 0 aliphatic heterocycles. The number of nitrogens with zero attached hydrogens (tertiary/aromatic N) is 1. The fourth-order valence-corrected chi connectivity index (χ4v) is 1.95. The molecule has 2 aromatic rings. The molecule has 0 aliphatic rings. The third-order valence-electron chi connectivity index (χ3n) is 3.09. The van der Waals surface area contributed by atoms with E-state index in [0.717, 1.165) is 23.5 Å². The molecule has 1 aromatic carbocycles. The normalized spacial score (nSPS) is 11.7. The zero-order chi connectivity index (χ0) is 16.2. The predicted octanol–water partition coefficient (Wildman–Crippen LogP) is 4.32. The fraction of sp³-hybridized carbons (Fsp3) is 0.188. The maximum Gasteiger partial charge on any atom is 0.417 e. The van der Waals surface area contributed by atoms with Crippen LogP contribution in [-0.4, -0.2) is 19.1 Å². The molecule has 0 amide bonds. The summed E-state index contributed by atoms with van der Waals surface area (Å²) in [7, 11) is 3.34. The van der Waals surface area contributed by atoms with Crippen LogP contribution in [-0.2, 0) is 6.18 Å². The number of anilines is 1. The van der Waals surface area contributed by atoms with Crippen molar-refractivity contribution in [3.8, 4) is 5.75 Å². The van der Waals surface area contributed by atoms with Gasteiger partial charge in [0.1, 0.15) is 5.75 Å². The first-order valence-electron chi connectivity index (χ1n) is 6.52. The van der Waals surface area contributed by atoms with Crippen molar-refractivity contribution in [1.82, 2.24) is 4.98 Å². The summed E-state index contributed by atoms with van der Waals surface area (Å²) in [6.07, 6.45) is -0.169. The number of ether oxygens (including phenoxy) is 1. The van der Waals surface area contributed by atoms with Crippen LogP contribution in [0.3, 0.4) is 0 Å². The second-order valence-electron chi connectivity index (χ2n) is 4.47. The Morgan fingerprint density at radius 1 is 1.14 bits per heavy atom. The number of nitrogens with one attached hydrogen (secondary N) is 1. The van der Waals surface area contributed by atoms with Crippen molar-refractivity contribution in [2.24, 2.45) is 0 Å². The first kappa shape index (κ1) is 15.9. The van der Waals surface area contributed by atoms with Crippen LogP contribution >= 0.6 is 0 Å². The van der Waals surface area contributed by atoms with Crippen LogP contribution in [0, 0.1) is 0 Å². The van der Waals surface area contributed by atoms with Gasteiger partial charge in [0.15, 0.2) is 0 Å². The molecule has 0 radical (unpaired) electrons. The lowest BCUT2D eigenvalue weighted by molar-refractivity contribution is -0.137. The van der Waals surface area contributed by atoms with E-state index in [0.29, 0.717) is 11.4 Å². The van der Waals surface area contributed by atoms with Crippen molar-refractivity contribution in [3.63, 3.8) is 0 Å². The van der Waals surface area contributed by atoms with Crippen LogP contribution in [0.25, 0.3) is 12.2 Å². The Morgan fingerprint density at radius 2 is 1.91 bits per heavy atom. The number of aromatic nitrogens is 1. The molecule has 0 unspecified atom stereocenters. The maximum absolute atomic E-state index is 12.5. The number of halogens is 3. The summed E-state index contributed by atoms with van der Waals surface area (Å²) < 4.78 is 42.7. The van der Waals surface area contributed by atoms with E-state index in [1.807, 2.05) is 12.1 Å². The SMILES string of the molecule is CNc1cccc(OC)c1/C=C/c1ccc(C(F)(F)F)cn1. The molecule has 0 atom stereocenters. The fourth-order valence-electron chi connectivity index (χ4n) is 1.95. The Hall–Kier alpha value is -2.50. The summed E-state index contributed by atoms with van der Waals surface area (Å²) in [4.78, 5) is 3.80. The first-order chi connectivity index (χ1) is 10.5. The van der Waals surface area contributed by atoms with Crippen LogP contribution in [0.15, 0.2) is 36.5 Å². The van der Waals surface area contributed by atoms with Gasteiger partial charge in [-0.15, -0.1) is 0 Å². The number of hydrogen-bond donors (Lipinski definition) is 1. The van der Waals surface area contributed by atoms with Crippen molar-refractivity contribution in [2.45, 2.75) is 6.18 Å². The number of rotatable bonds is 4. The van der Waals surface area contributed by atoms with Gasteiger partial charge in [-0.3, -0.25) is 4.98 Å². The number of hydrogen-bond acceptors (Lipinski definition) is 3. The van der Waals surface area contributed by atoms with Crippen LogP contribution < -0.4 is 10.1 Å². The van der Waals surface area contributed by atoms with E-state index in [1.54, 1.807) is 32.4 Å². The molecule has 0 aliphatic carbocycles. The van der Waals surface area contributed by atoms with E-state index in [4.69, 9.17) is 4.74 Å². The lowest BCUT2D eigenvalue weighted by atomic mass is 10.1. The zero-order valence-corrected chi connectivity index (χ0v) is 12.1. The second-order valence-corrected chi connectivity index (χ2v) is 4.47. The summed E-state index contributed by atoms with van der Waals surface area (Å²) in [5.74, 6) is 0.662. The summed E-state index contributed by atoms with van der Waals surface area (Å²) in [6.45, 7) is 0. The van der Waals surface area contributed by atoms with Crippen LogP contribution in [0.4, 0.5) is 18.9 Å². The summed E-state index contributed by atoms with van der Waals surface area (Å²) in [5.41, 5.74) is 1.32. The van der Waals surface area contributed by atoms with Crippen molar-refractivity contribution in [1.29, 1.82) is 0 Å². The van der Waals surface area contributed by atoms with Gasteiger partial charge in [-0.25, -0.2) is 0 Å². The molecule has 2 rings (SSSR count). The summed E-state index contributed by atoms with van der Waals surface area (Å²) in [5, 5.41) is 3.04. The quantitative estimate of drug-likeness (QED) is 0.913. The van der Waals surface area contributed by atoms with Gasteiger partial charge < -0.3 is 10.1 Å². The molecular weight excluding hydrogens is 293 g/mol. The van der Waals surface area contributed by atoms with E-state index in [1.165, 1.54) is 6.07 Å². The van der Waals surface area contributed by atoms with Gasteiger partial charge in [-0.05, 0) is 36.4 Å². The maximum atomic E-state index is 12.5. The van der Waals surface area contributed by atoms with E-state index in [2.05, 4.69) is 10.3 Å². The average molecular weight is 308 g/mol. The Bertz CT molecular complexity index is 642. The van der Waals surface area contributed by atoms with Crippen LogP contribution in [0.1, 0.15) is 16.8 Å². The average Bonchev–Trinajstić information content (AvgIpc) is 2.52. The Labute approximate surface area is 126 Å². The third kappa shape index (κ3) is 3.58. The third-order valence-corrected chi connectivity index (χ3v) is 3.09. The van der Waals surface area contributed by atoms with Crippen molar-refractivity contribution in [3.05, 3.63) is 53.3 Å². The highest BCUT2D eigenvalue weighted by Crippen LogP contribution is 2.30. The van der Waals surface area contributed by atoms with Gasteiger partial charge in [0.25, 0.3) is 0 Å². The lowest BCUT2D eigenvalue weighted by Crippen LogP contribution is -2.05. The highest BCUT2D eigenvalue weighted by Gasteiger charge is 2.30. The molecule has 0 saturated carbocycles. The molecule has 22 heavy (non-hydrogen) atoms. The Kier molecular flexibility index (Phi) is 4.70. The van der Waals surface area contributed by atoms with E-state index in [9.17, 15) is 13.2 Å². The molecule has 116 valence electrons. The van der Waals surface area contributed by atoms with Gasteiger partial charge in [0, 0.05) is 24.5 Å². The first-order valence-corrected chi connectivity index (χ1v) is 6.52. The zero-order valence-electron chi connectivity index (χ0n) is 12.1.